The molecule has 1 aromatic carbocycles. The van der Waals surface area contributed by atoms with Crippen molar-refractivity contribution in [1.29, 1.82) is 0 Å². The van der Waals surface area contributed by atoms with Gasteiger partial charge in [0.1, 0.15) is 0 Å². The second-order valence-corrected chi connectivity index (χ2v) is 6.98. The van der Waals surface area contributed by atoms with Gasteiger partial charge in [-0.05, 0) is 23.9 Å². The topological polar surface area (TPSA) is 72.7 Å². The summed E-state index contributed by atoms with van der Waals surface area (Å²) >= 11 is 1.11. The number of nitro groups is 1. The van der Waals surface area contributed by atoms with Crippen molar-refractivity contribution in [3.8, 4) is 0 Å². The van der Waals surface area contributed by atoms with Gasteiger partial charge in [-0.25, -0.2) is 0 Å². The zero-order valence-corrected chi connectivity index (χ0v) is 14.8. The van der Waals surface area contributed by atoms with Crippen molar-refractivity contribution in [2.24, 2.45) is 5.92 Å². The molecule has 2 heterocycles. The number of thiophene rings is 1. The fraction of sp³-hybridized carbons (Fsp3) is 0.389. The lowest BCUT2D eigenvalue weighted by Gasteiger charge is -2.15. The number of hydrogen-bond donors (Lipinski definition) is 0. The molecule has 2 atom stereocenters. The van der Waals surface area contributed by atoms with Crippen LogP contribution in [0.25, 0.3) is 0 Å². The number of carbonyl (C=O) groups excluding carboxylic acids is 1. The molecule has 0 amide bonds. The summed E-state index contributed by atoms with van der Waals surface area (Å²) in [5.74, 6) is -0.866. The van der Waals surface area contributed by atoms with E-state index in [0.29, 0.717) is 31.8 Å². The Morgan fingerprint density at radius 2 is 2.08 bits per heavy atom. The second kappa shape index (κ2) is 7.76. The summed E-state index contributed by atoms with van der Waals surface area (Å²) in [6.45, 7) is 3.95. The summed E-state index contributed by atoms with van der Waals surface area (Å²) in [7, 11) is 0. The Kier molecular flexibility index (Phi) is 5.45. The number of hydrogen-bond acceptors (Lipinski definition) is 6. The van der Waals surface area contributed by atoms with Crippen LogP contribution in [-0.2, 0) is 16.1 Å². The van der Waals surface area contributed by atoms with Gasteiger partial charge < -0.3 is 4.74 Å². The molecule has 7 heteroatoms. The lowest BCUT2D eigenvalue weighted by Crippen LogP contribution is -2.25. The zero-order valence-electron chi connectivity index (χ0n) is 14.0. The van der Waals surface area contributed by atoms with Crippen molar-refractivity contribution in [3.05, 3.63) is 63.0 Å². The molecule has 3 rings (SSSR count). The third-order valence-electron chi connectivity index (χ3n) is 4.47. The molecule has 1 aliphatic rings. The van der Waals surface area contributed by atoms with Gasteiger partial charge in [0, 0.05) is 31.1 Å². The van der Waals surface area contributed by atoms with Crippen LogP contribution in [-0.4, -0.2) is 35.5 Å². The average molecular weight is 360 g/mol. The minimum Gasteiger partial charge on any atom is -0.466 e. The van der Waals surface area contributed by atoms with Gasteiger partial charge in [0.25, 0.3) is 0 Å². The summed E-state index contributed by atoms with van der Waals surface area (Å²) < 4.78 is 5.22. The zero-order chi connectivity index (χ0) is 17.8. The third kappa shape index (κ3) is 3.88. The molecule has 2 aromatic rings. The summed E-state index contributed by atoms with van der Waals surface area (Å²) in [5.41, 5.74) is 1.80. The Balaban J connectivity index is 1.84. The third-order valence-corrected chi connectivity index (χ3v) is 5.35. The molecule has 25 heavy (non-hydrogen) atoms. The van der Waals surface area contributed by atoms with E-state index in [1.54, 1.807) is 18.4 Å². The van der Waals surface area contributed by atoms with Gasteiger partial charge in [-0.1, -0.05) is 41.7 Å². The molecule has 0 saturated carbocycles. The van der Waals surface area contributed by atoms with Gasteiger partial charge in [0.05, 0.1) is 17.4 Å². The molecule has 1 aliphatic heterocycles. The lowest BCUT2D eigenvalue weighted by atomic mass is 9.90. The van der Waals surface area contributed by atoms with E-state index in [0.717, 1.165) is 16.9 Å². The number of benzene rings is 1. The second-order valence-electron chi connectivity index (χ2n) is 6.08. The van der Waals surface area contributed by atoms with Crippen LogP contribution in [0.15, 0.2) is 41.8 Å². The van der Waals surface area contributed by atoms with Gasteiger partial charge in [-0.2, -0.15) is 0 Å². The van der Waals surface area contributed by atoms with Crippen molar-refractivity contribution < 1.29 is 14.5 Å². The van der Waals surface area contributed by atoms with Gasteiger partial charge in [0.15, 0.2) is 0 Å². The van der Waals surface area contributed by atoms with E-state index in [1.165, 1.54) is 0 Å². The average Bonchev–Trinajstić information content (AvgIpc) is 3.22. The molecule has 1 aromatic heterocycles. The molecule has 0 N–H and O–H groups in total. The van der Waals surface area contributed by atoms with Crippen LogP contribution >= 0.6 is 11.3 Å². The van der Waals surface area contributed by atoms with Crippen molar-refractivity contribution in [1.82, 2.24) is 4.90 Å². The van der Waals surface area contributed by atoms with Gasteiger partial charge in [-0.15, -0.1) is 0 Å². The molecular weight excluding hydrogens is 340 g/mol. The number of ether oxygens (including phenoxy) is 1. The van der Waals surface area contributed by atoms with E-state index in [9.17, 15) is 14.9 Å². The van der Waals surface area contributed by atoms with E-state index in [1.807, 2.05) is 30.3 Å². The van der Waals surface area contributed by atoms with Gasteiger partial charge in [0.2, 0.25) is 0 Å². The first-order chi connectivity index (χ1) is 12.1. The molecule has 6 nitrogen and oxygen atoms in total. The normalized spacial score (nSPS) is 20.5. The lowest BCUT2D eigenvalue weighted by molar-refractivity contribution is -0.381. The van der Waals surface area contributed by atoms with Crippen LogP contribution in [0.1, 0.15) is 24.0 Å². The van der Waals surface area contributed by atoms with Crippen LogP contribution < -0.4 is 0 Å². The standard InChI is InChI=1S/C18H20N2O4S/c1-2-24-18(21)16-12-19(10-13-6-4-3-5-7-13)11-15(16)14-8-9-25-17(14)20(22)23/h3-9,15-16H,2,10-12H2,1H3/t15-,16-/m1/s1. The number of carbonyl (C=O) groups is 1. The predicted octanol–water partition coefficient (Wildman–Crippen LogP) is 3.44. The van der Waals surface area contributed by atoms with Crippen LogP contribution in [0.2, 0.25) is 0 Å². The minimum atomic E-state index is -0.378. The van der Waals surface area contributed by atoms with E-state index < -0.39 is 0 Å². The van der Waals surface area contributed by atoms with E-state index >= 15 is 0 Å². The highest BCUT2D eigenvalue weighted by atomic mass is 32.1. The maximum atomic E-state index is 12.4. The quantitative estimate of drug-likeness (QED) is 0.448. The Bertz CT molecular complexity index is 747. The van der Waals surface area contributed by atoms with Crippen molar-refractivity contribution in [2.75, 3.05) is 19.7 Å². The minimum absolute atomic E-state index is 0.126. The molecule has 1 saturated heterocycles. The van der Waals surface area contributed by atoms with Crippen molar-refractivity contribution in [3.63, 3.8) is 0 Å². The Morgan fingerprint density at radius 1 is 1.32 bits per heavy atom. The smallest absolute Gasteiger partial charge is 0.327 e. The molecule has 0 radical (unpaired) electrons. The van der Waals surface area contributed by atoms with Crippen LogP contribution in [0.4, 0.5) is 5.00 Å². The maximum Gasteiger partial charge on any atom is 0.327 e. The van der Waals surface area contributed by atoms with Crippen molar-refractivity contribution >= 4 is 22.3 Å². The predicted molar refractivity (Wildman–Crippen MR) is 95.6 cm³/mol. The molecule has 0 unspecified atom stereocenters. The first kappa shape index (κ1) is 17.6. The summed E-state index contributed by atoms with van der Waals surface area (Å²) in [5, 5.41) is 13.1. The highest BCUT2D eigenvalue weighted by molar-refractivity contribution is 7.13. The number of nitrogens with zero attached hydrogens (tertiary/aromatic N) is 2. The van der Waals surface area contributed by atoms with Crippen molar-refractivity contribution in [2.45, 2.75) is 19.4 Å². The van der Waals surface area contributed by atoms with E-state index in [4.69, 9.17) is 4.74 Å². The summed E-state index contributed by atoms with van der Waals surface area (Å²) in [6, 6.07) is 11.8. The largest absolute Gasteiger partial charge is 0.466 e. The van der Waals surface area contributed by atoms with E-state index in [-0.39, 0.29) is 27.7 Å². The Morgan fingerprint density at radius 3 is 2.76 bits per heavy atom. The summed E-state index contributed by atoms with van der Waals surface area (Å²) in [6.07, 6.45) is 0. The first-order valence-electron chi connectivity index (χ1n) is 8.24. The highest BCUT2D eigenvalue weighted by Crippen LogP contribution is 2.41. The number of likely N-dealkylation sites (tertiary alicyclic amines) is 1. The Hall–Kier alpha value is -2.25. The number of rotatable bonds is 6. The maximum absolute atomic E-state index is 12.4. The molecule has 0 bridgehead atoms. The van der Waals surface area contributed by atoms with Crippen LogP contribution in [0, 0.1) is 16.0 Å². The SMILES string of the molecule is CCOC(=O)[C@@H]1CN(Cc2ccccc2)C[C@@H]1c1ccsc1[N+](=O)[O-]. The van der Waals surface area contributed by atoms with E-state index in [2.05, 4.69) is 4.90 Å². The fourth-order valence-electron chi connectivity index (χ4n) is 3.40. The highest BCUT2D eigenvalue weighted by Gasteiger charge is 2.42. The van der Waals surface area contributed by atoms with Gasteiger partial charge >= 0.3 is 11.0 Å². The van der Waals surface area contributed by atoms with Gasteiger partial charge in [-0.3, -0.25) is 19.8 Å². The molecular formula is C18H20N2O4S. The Labute approximate surface area is 150 Å². The monoisotopic (exact) mass is 360 g/mol. The number of esters is 1. The molecule has 132 valence electrons. The fourth-order valence-corrected chi connectivity index (χ4v) is 4.19. The molecule has 0 aliphatic carbocycles. The summed E-state index contributed by atoms with van der Waals surface area (Å²) in [4.78, 5) is 25.5. The molecule has 1 fully saturated rings. The van der Waals surface area contributed by atoms with Crippen LogP contribution in [0.3, 0.4) is 0 Å². The molecule has 0 spiro atoms. The first-order valence-corrected chi connectivity index (χ1v) is 9.12. The van der Waals surface area contributed by atoms with Crippen LogP contribution in [0.5, 0.6) is 0 Å².